The highest BCUT2D eigenvalue weighted by Crippen LogP contribution is 2.48. The van der Waals surface area contributed by atoms with Gasteiger partial charge in [-0.05, 0) is 80.7 Å². The molecular formula is C44H54N4O15S4. The number of allylic oxidation sites excluding steroid dienone is 8. The highest BCUT2D eigenvalue weighted by Gasteiger charge is 2.45. The fraction of sp³-hybridized carbons (Fsp3) is 0.409. The van der Waals surface area contributed by atoms with Crippen LogP contribution in [-0.2, 0) is 65.7 Å². The van der Waals surface area contributed by atoms with Gasteiger partial charge in [-0.1, -0.05) is 51.0 Å². The number of imide groups is 1. The van der Waals surface area contributed by atoms with Crippen LogP contribution in [0.15, 0.2) is 106 Å². The van der Waals surface area contributed by atoms with Crippen LogP contribution in [0.4, 0.5) is 11.4 Å². The van der Waals surface area contributed by atoms with Gasteiger partial charge in [0.2, 0.25) is 11.6 Å². The Bertz CT molecular complexity index is 2950. The number of anilines is 1. The molecule has 67 heavy (non-hydrogen) atoms. The number of nitrogens with one attached hydrogen (secondary N) is 1. The first-order chi connectivity index (χ1) is 31.0. The van der Waals surface area contributed by atoms with E-state index in [1.165, 1.54) is 42.5 Å². The van der Waals surface area contributed by atoms with Gasteiger partial charge in [0.25, 0.3) is 42.2 Å². The summed E-state index contributed by atoms with van der Waals surface area (Å²) in [5, 5.41) is 2.71. The second kappa shape index (κ2) is 20.6. The Kier molecular flexibility index (Phi) is 16.3. The SMILES string of the molecule is CC1(C)C(/C=C/C=C(/C=C/C=C2/N(CCS(=O)(=O)O)c3ccc(S(=O)(=O)O)cc3C2(C)C)CCCCCCC(=O)NCCN2C(=O)C=CC2=O)=[N+](CCS(=O)(=O)O)c2ccc(S(=O)(=O)[O-])cc21. The summed E-state index contributed by atoms with van der Waals surface area (Å²) in [6.07, 6.45) is 16.2. The van der Waals surface area contributed by atoms with E-state index in [0.29, 0.717) is 66.0 Å². The molecule has 0 unspecified atom stereocenters. The predicted molar refractivity (Wildman–Crippen MR) is 248 cm³/mol. The van der Waals surface area contributed by atoms with Crippen molar-refractivity contribution in [2.75, 3.05) is 42.6 Å². The van der Waals surface area contributed by atoms with Crippen LogP contribution >= 0.6 is 0 Å². The average Bonchev–Trinajstić information content (AvgIpc) is 3.73. The molecule has 0 radical (unpaired) electrons. The summed E-state index contributed by atoms with van der Waals surface area (Å²) in [6, 6.07) is 7.75. The van der Waals surface area contributed by atoms with Crippen molar-refractivity contribution in [1.29, 1.82) is 0 Å². The zero-order valence-corrected chi connectivity index (χ0v) is 40.5. The standard InChI is InChI=1S/C44H54N4O15S4/c1-43(2)34-29-32(66(58,59)60)17-19-36(34)46(25-27-64(52,53)54)38(43)14-9-12-31(11-7-5-6-8-16-40(49)45-23-24-48-41(50)21-22-42(48)51)13-10-15-39-44(3,4)35-30-33(67(61,62)63)18-20-37(35)47(39)26-28-65(55,56)57/h9-10,12-15,17-22,29-30H,5-8,11,16,23-28H2,1-4H3,(H4-,45,49,52,53,54,55,56,57,58,59,60,61,62,63). The molecule has 0 aliphatic carbocycles. The normalized spacial score (nSPS) is 18.0. The third-order valence-corrected chi connectivity index (χ3v) is 14.8. The van der Waals surface area contributed by atoms with E-state index >= 15 is 0 Å². The minimum atomic E-state index is -4.83. The summed E-state index contributed by atoms with van der Waals surface area (Å²) >= 11 is 0. The zero-order valence-electron chi connectivity index (χ0n) is 37.3. The van der Waals surface area contributed by atoms with E-state index in [-0.39, 0.29) is 43.4 Å². The van der Waals surface area contributed by atoms with E-state index in [4.69, 9.17) is 0 Å². The maximum atomic E-state index is 12.4. The van der Waals surface area contributed by atoms with E-state index in [0.717, 1.165) is 16.5 Å². The summed E-state index contributed by atoms with van der Waals surface area (Å²) in [4.78, 5) is 37.8. The van der Waals surface area contributed by atoms with Gasteiger partial charge in [0, 0.05) is 72.7 Å². The quantitative estimate of drug-likeness (QED) is 0.0425. The lowest BCUT2D eigenvalue weighted by atomic mass is 9.81. The van der Waals surface area contributed by atoms with Crippen molar-refractivity contribution in [1.82, 2.24) is 10.2 Å². The molecule has 3 amide bonds. The summed E-state index contributed by atoms with van der Waals surface area (Å²) in [7, 11) is -18.3. The van der Waals surface area contributed by atoms with Gasteiger partial charge < -0.3 is 14.8 Å². The predicted octanol–water partition coefficient (Wildman–Crippen LogP) is 4.09. The van der Waals surface area contributed by atoms with Crippen LogP contribution in [0, 0.1) is 0 Å². The van der Waals surface area contributed by atoms with Crippen LogP contribution in [0.1, 0.15) is 77.3 Å². The Morgan fingerprint density at radius 2 is 1.36 bits per heavy atom. The van der Waals surface area contributed by atoms with Crippen molar-refractivity contribution in [3.05, 3.63) is 107 Å². The molecule has 0 bridgehead atoms. The molecule has 3 heterocycles. The number of carbonyl (C=O) groups is 3. The van der Waals surface area contributed by atoms with E-state index in [1.807, 2.05) is 0 Å². The number of rotatable bonds is 22. The first-order valence-corrected chi connectivity index (χ1v) is 27.2. The lowest BCUT2D eigenvalue weighted by Gasteiger charge is -2.26. The molecule has 5 rings (SSSR count). The molecule has 0 fully saturated rings. The molecule has 0 atom stereocenters. The summed E-state index contributed by atoms with van der Waals surface area (Å²) < 4.78 is 138. The summed E-state index contributed by atoms with van der Waals surface area (Å²) in [6.45, 7) is 6.93. The third kappa shape index (κ3) is 13.5. The number of fused-ring (bicyclic) bond motifs is 2. The summed E-state index contributed by atoms with van der Waals surface area (Å²) in [5.74, 6) is -2.39. The molecular weight excluding hydrogens is 953 g/mol. The Morgan fingerprint density at radius 3 is 1.97 bits per heavy atom. The lowest BCUT2D eigenvalue weighted by Crippen LogP contribution is -2.38. The second-order valence-electron chi connectivity index (χ2n) is 17.2. The topological polar surface area (TPSA) is 293 Å². The molecule has 0 saturated heterocycles. The molecule has 2 aromatic rings. The van der Waals surface area contributed by atoms with Crippen molar-refractivity contribution >= 4 is 75.3 Å². The zero-order chi connectivity index (χ0) is 49.8. The molecule has 3 aliphatic rings. The van der Waals surface area contributed by atoms with Gasteiger partial charge in [-0.3, -0.25) is 32.9 Å². The fourth-order valence-corrected chi connectivity index (χ4v) is 10.1. The molecule has 23 heteroatoms. The number of nitrogens with zero attached hydrogens (tertiary/aromatic N) is 3. The lowest BCUT2D eigenvalue weighted by molar-refractivity contribution is -0.432. The molecule has 364 valence electrons. The van der Waals surface area contributed by atoms with Crippen molar-refractivity contribution < 1.29 is 70.8 Å². The Balaban J connectivity index is 1.42. The van der Waals surface area contributed by atoms with Crippen LogP contribution in [-0.4, -0.2) is 122 Å². The van der Waals surface area contributed by atoms with Gasteiger partial charge in [0.05, 0.1) is 21.0 Å². The van der Waals surface area contributed by atoms with E-state index in [9.17, 15) is 66.3 Å². The number of hydrogen-bond acceptors (Lipinski definition) is 13. The smallest absolute Gasteiger partial charge is 0.294 e. The minimum Gasteiger partial charge on any atom is -0.744 e. The van der Waals surface area contributed by atoms with Crippen LogP contribution in [0.2, 0.25) is 0 Å². The number of benzene rings is 2. The Labute approximate surface area is 391 Å². The Hall–Kier alpha value is -5.14. The van der Waals surface area contributed by atoms with Crippen molar-refractivity contribution in [2.45, 2.75) is 86.8 Å². The molecule has 2 aromatic carbocycles. The van der Waals surface area contributed by atoms with Crippen molar-refractivity contribution in [3.8, 4) is 0 Å². The van der Waals surface area contributed by atoms with Gasteiger partial charge in [0.1, 0.15) is 15.9 Å². The van der Waals surface area contributed by atoms with Gasteiger partial charge in [0.15, 0.2) is 12.3 Å². The van der Waals surface area contributed by atoms with Crippen LogP contribution in [0.5, 0.6) is 0 Å². The third-order valence-electron chi connectivity index (χ3n) is 11.8. The van der Waals surface area contributed by atoms with Gasteiger partial charge in [-0.15, -0.1) is 0 Å². The summed E-state index contributed by atoms with van der Waals surface area (Å²) in [5.41, 5.74) is 1.83. The first-order valence-electron chi connectivity index (χ1n) is 21.1. The molecule has 0 spiro atoms. The second-order valence-corrected chi connectivity index (χ2v) is 23.2. The first kappa shape index (κ1) is 52.8. The largest absolute Gasteiger partial charge is 0.744 e. The average molecular weight is 1010 g/mol. The maximum Gasteiger partial charge on any atom is 0.294 e. The van der Waals surface area contributed by atoms with E-state index < -0.39 is 79.5 Å². The maximum absolute atomic E-state index is 12.4. The Morgan fingerprint density at radius 1 is 0.746 bits per heavy atom. The van der Waals surface area contributed by atoms with Gasteiger partial charge in [-0.25, -0.2) is 8.42 Å². The van der Waals surface area contributed by atoms with Crippen LogP contribution in [0.25, 0.3) is 0 Å². The molecule has 0 aromatic heterocycles. The van der Waals surface area contributed by atoms with E-state index in [1.54, 1.807) is 73.6 Å². The molecule has 4 N–H and O–H groups in total. The number of carbonyl (C=O) groups excluding carboxylic acids is 3. The highest BCUT2D eigenvalue weighted by atomic mass is 32.2. The minimum absolute atomic E-state index is 0.0607. The number of hydrogen-bond donors (Lipinski definition) is 4. The van der Waals surface area contributed by atoms with Crippen LogP contribution < -0.4 is 10.2 Å². The molecule has 0 saturated carbocycles. The van der Waals surface area contributed by atoms with Gasteiger partial charge in [-0.2, -0.15) is 29.8 Å². The van der Waals surface area contributed by atoms with Crippen molar-refractivity contribution in [2.24, 2.45) is 0 Å². The fourth-order valence-electron chi connectivity index (χ4n) is 8.28. The molecule has 19 nitrogen and oxygen atoms in total. The van der Waals surface area contributed by atoms with Crippen LogP contribution in [0.3, 0.4) is 0 Å². The number of unbranched alkanes of at least 4 members (excludes halogenated alkanes) is 3. The highest BCUT2D eigenvalue weighted by molar-refractivity contribution is 7.86. The van der Waals surface area contributed by atoms with E-state index in [2.05, 4.69) is 5.32 Å². The van der Waals surface area contributed by atoms with Crippen molar-refractivity contribution in [3.63, 3.8) is 0 Å². The number of amides is 3. The molecule has 3 aliphatic heterocycles. The van der Waals surface area contributed by atoms with Gasteiger partial charge >= 0.3 is 0 Å². The monoisotopic (exact) mass is 1010 g/mol.